The van der Waals surface area contributed by atoms with E-state index in [0.29, 0.717) is 13.2 Å². The number of unbranched alkanes of at least 4 members (excludes halogenated alkanes) is 3. The Morgan fingerprint density at radius 1 is 1.27 bits per heavy atom. The highest BCUT2D eigenvalue weighted by Gasteiger charge is 2.12. The molecule has 1 unspecified atom stereocenters. The highest BCUT2D eigenvalue weighted by molar-refractivity contribution is 7.52. The summed E-state index contributed by atoms with van der Waals surface area (Å²) < 4.78 is 16.0. The van der Waals surface area contributed by atoms with Crippen molar-refractivity contribution in [1.29, 1.82) is 0 Å². The van der Waals surface area contributed by atoms with E-state index >= 15 is 0 Å². The summed E-state index contributed by atoms with van der Waals surface area (Å²) in [5, 5.41) is 0. The predicted octanol–water partition coefficient (Wildman–Crippen LogP) is 2.12. The summed E-state index contributed by atoms with van der Waals surface area (Å²) in [4.78, 5) is 11.2. The van der Waals surface area contributed by atoms with Gasteiger partial charge in [-0.2, -0.15) is 0 Å². The molecule has 94 valence electrons. The van der Waals surface area contributed by atoms with Crippen LogP contribution in [0.1, 0.15) is 47.0 Å². The van der Waals surface area contributed by atoms with E-state index < -0.39 is 13.3 Å². The van der Waals surface area contributed by atoms with Crippen molar-refractivity contribution in [3.8, 4) is 0 Å². The molecule has 0 radical (unpaired) electrons. The molecule has 0 amide bonds. The Hall–Kier alpha value is 0.110. The zero-order valence-electron chi connectivity index (χ0n) is 9.07. The van der Waals surface area contributed by atoms with Gasteiger partial charge in [-0.15, -0.1) is 0 Å². The highest BCUT2D eigenvalue weighted by Crippen LogP contribution is 2.42. The average Bonchev–Trinajstić information content (AvgIpc) is 2.10. The number of nitrogens with two attached hydrogens (primary N) is 1. The Kier molecular flexibility index (Phi) is 10.9. The van der Waals surface area contributed by atoms with Crippen molar-refractivity contribution in [2.75, 3.05) is 13.2 Å². The molecule has 0 spiro atoms. The molecule has 1 atom stereocenters. The van der Waals surface area contributed by atoms with Gasteiger partial charge in [0.15, 0.2) is 0 Å². The van der Waals surface area contributed by atoms with Crippen LogP contribution in [0.15, 0.2) is 0 Å². The molecule has 4 nitrogen and oxygen atoms in total. The molecule has 0 aliphatic rings. The van der Waals surface area contributed by atoms with Gasteiger partial charge in [-0.25, -0.2) is 0 Å². The van der Waals surface area contributed by atoms with Gasteiger partial charge in [0.25, 0.3) is 0 Å². The lowest BCUT2D eigenvalue weighted by atomic mass is 10.2. The Labute approximate surface area is 93.7 Å². The van der Waals surface area contributed by atoms with Crippen LogP contribution in [0.25, 0.3) is 0 Å². The van der Waals surface area contributed by atoms with E-state index in [1.165, 1.54) is 0 Å². The zero-order chi connectivity index (χ0) is 11.0. The molecule has 0 saturated heterocycles. The molecule has 0 heterocycles. The standard InChI is InChI=1S/C9H22NO3P.CH4/c1-9(2)14(11,12)13-8-6-4-3-5-7-10;/h9H,3-8,10H2,1-2H3,(H,11,12);1H4/p-1. The first-order valence-corrected chi connectivity index (χ1v) is 6.77. The van der Waals surface area contributed by atoms with Gasteiger partial charge in [-0.1, -0.05) is 34.1 Å². The van der Waals surface area contributed by atoms with Crippen LogP contribution in [0.3, 0.4) is 0 Å². The fourth-order valence-electron chi connectivity index (χ4n) is 0.941. The summed E-state index contributed by atoms with van der Waals surface area (Å²) in [5.41, 5.74) is 4.90. The SMILES string of the molecule is C.CC(C)P(=O)([O-])OCCCCCCN. The normalized spacial score (nSPS) is 14.7. The van der Waals surface area contributed by atoms with E-state index in [1.54, 1.807) is 13.8 Å². The van der Waals surface area contributed by atoms with Crippen LogP contribution in [0, 0.1) is 0 Å². The van der Waals surface area contributed by atoms with E-state index in [9.17, 15) is 9.46 Å². The first-order chi connectivity index (χ1) is 6.50. The molecule has 0 bridgehead atoms. The van der Waals surface area contributed by atoms with Gasteiger partial charge in [0.2, 0.25) is 0 Å². The molecule has 2 N–H and O–H groups in total. The molecule has 0 rings (SSSR count). The molecular weight excluding hydrogens is 213 g/mol. The molecule has 15 heavy (non-hydrogen) atoms. The van der Waals surface area contributed by atoms with Crippen molar-refractivity contribution in [3.05, 3.63) is 0 Å². The van der Waals surface area contributed by atoms with Crippen molar-refractivity contribution in [1.82, 2.24) is 0 Å². The summed E-state index contributed by atoms with van der Waals surface area (Å²) in [6.45, 7) is 4.26. The van der Waals surface area contributed by atoms with Gasteiger partial charge in [0, 0.05) is 5.66 Å². The van der Waals surface area contributed by atoms with E-state index in [1.807, 2.05) is 0 Å². The van der Waals surface area contributed by atoms with Crippen LogP contribution in [0.4, 0.5) is 0 Å². The van der Waals surface area contributed by atoms with Crippen LogP contribution in [-0.2, 0) is 9.09 Å². The second-order valence-electron chi connectivity index (χ2n) is 3.67. The maximum absolute atomic E-state index is 11.2. The van der Waals surface area contributed by atoms with Gasteiger partial charge in [0.1, 0.15) is 7.60 Å². The molecular formula is C10H25NO3P-. The molecule has 0 aliphatic heterocycles. The summed E-state index contributed by atoms with van der Waals surface area (Å²) >= 11 is 0. The van der Waals surface area contributed by atoms with E-state index in [2.05, 4.69) is 0 Å². The Balaban J connectivity index is 0. The fourth-order valence-corrected chi connectivity index (χ4v) is 1.62. The van der Waals surface area contributed by atoms with E-state index in [0.717, 1.165) is 25.7 Å². The largest absolute Gasteiger partial charge is 0.778 e. The third-order valence-corrected chi connectivity index (χ3v) is 3.81. The summed E-state index contributed by atoms with van der Waals surface area (Å²) in [6, 6.07) is 0. The highest BCUT2D eigenvalue weighted by atomic mass is 31.2. The second kappa shape index (κ2) is 9.34. The number of hydrogen-bond acceptors (Lipinski definition) is 4. The maximum atomic E-state index is 11.2. The van der Waals surface area contributed by atoms with Crippen molar-refractivity contribution >= 4 is 7.60 Å². The first kappa shape index (κ1) is 17.5. The topological polar surface area (TPSA) is 75.4 Å². The van der Waals surface area contributed by atoms with Crippen LogP contribution < -0.4 is 10.6 Å². The van der Waals surface area contributed by atoms with E-state index in [4.69, 9.17) is 10.3 Å². The molecule has 0 aromatic heterocycles. The Morgan fingerprint density at radius 2 is 1.80 bits per heavy atom. The van der Waals surface area contributed by atoms with Gasteiger partial charge < -0.3 is 19.7 Å². The molecule has 0 aromatic carbocycles. The van der Waals surface area contributed by atoms with E-state index in [-0.39, 0.29) is 7.43 Å². The monoisotopic (exact) mass is 238 g/mol. The third kappa shape index (κ3) is 9.06. The predicted molar refractivity (Wildman–Crippen MR) is 62.9 cm³/mol. The van der Waals surface area contributed by atoms with Crippen molar-refractivity contribution in [3.63, 3.8) is 0 Å². The molecule has 5 heteroatoms. The lowest BCUT2D eigenvalue weighted by molar-refractivity contribution is -0.200. The Bertz CT molecular complexity index is 186. The van der Waals surface area contributed by atoms with Crippen LogP contribution in [-0.4, -0.2) is 18.8 Å². The quantitative estimate of drug-likeness (QED) is 0.519. The lowest BCUT2D eigenvalue weighted by Crippen LogP contribution is -2.14. The van der Waals surface area contributed by atoms with Gasteiger partial charge in [-0.05, 0) is 19.4 Å². The van der Waals surface area contributed by atoms with Crippen LogP contribution >= 0.6 is 7.60 Å². The molecule has 0 fully saturated rings. The lowest BCUT2D eigenvalue weighted by Gasteiger charge is -2.26. The van der Waals surface area contributed by atoms with Gasteiger partial charge in [-0.3, -0.25) is 0 Å². The summed E-state index contributed by atoms with van der Waals surface area (Å²) in [6.07, 6.45) is 3.82. The first-order valence-electron chi connectivity index (χ1n) is 5.16. The fraction of sp³-hybridized carbons (Fsp3) is 1.00. The molecule has 0 aliphatic carbocycles. The van der Waals surface area contributed by atoms with Crippen molar-refractivity contribution in [2.24, 2.45) is 5.73 Å². The minimum Gasteiger partial charge on any atom is -0.778 e. The van der Waals surface area contributed by atoms with Crippen LogP contribution in [0.2, 0.25) is 0 Å². The molecule has 0 saturated carbocycles. The summed E-state index contributed by atoms with van der Waals surface area (Å²) in [7, 11) is -3.59. The van der Waals surface area contributed by atoms with Gasteiger partial charge in [0.05, 0.1) is 6.61 Å². The maximum Gasteiger partial charge on any atom is 0.137 e. The van der Waals surface area contributed by atoms with Crippen molar-refractivity contribution < 1.29 is 14.0 Å². The third-order valence-electron chi connectivity index (χ3n) is 2.00. The number of hydrogen-bond donors (Lipinski definition) is 1. The molecule has 0 aromatic rings. The van der Waals surface area contributed by atoms with Crippen LogP contribution in [0.5, 0.6) is 0 Å². The minimum absolute atomic E-state index is 0. The van der Waals surface area contributed by atoms with Crippen molar-refractivity contribution in [2.45, 2.75) is 52.6 Å². The Morgan fingerprint density at radius 3 is 2.27 bits per heavy atom. The zero-order valence-corrected chi connectivity index (χ0v) is 9.96. The number of rotatable bonds is 8. The smallest absolute Gasteiger partial charge is 0.137 e. The average molecular weight is 238 g/mol. The second-order valence-corrected chi connectivity index (χ2v) is 6.04. The van der Waals surface area contributed by atoms with Gasteiger partial charge >= 0.3 is 0 Å². The minimum atomic E-state index is -3.59. The summed E-state index contributed by atoms with van der Waals surface area (Å²) in [5.74, 6) is 0.